The van der Waals surface area contributed by atoms with Crippen LogP contribution in [0.2, 0.25) is 0 Å². The van der Waals surface area contributed by atoms with E-state index in [4.69, 9.17) is 5.84 Å². The molecule has 96 valence electrons. The van der Waals surface area contributed by atoms with Crippen LogP contribution in [0.5, 0.6) is 0 Å². The maximum absolute atomic E-state index is 12.0. The molecule has 5 nitrogen and oxygen atoms in total. The molecule has 0 saturated heterocycles. The van der Waals surface area contributed by atoms with E-state index in [0.29, 0.717) is 11.3 Å². The number of benzene rings is 1. The summed E-state index contributed by atoms with van der Waals surface area (Å²) < 4.78 is 0. The molecular formula is C13H17N3O2. The van der Waals surface area contributed by atoms with Gasteiger partial charge in [-0.15, -0.1) is 0 Å². The summed E-state index contributed by atoms with van der Waals surface area (Å²) in [5.41, 5.74) is 2.97. The van der Waals surface area contributed by atoms with E-state index in [9.17, 15) is 9.59 Å². The Morgan fingerprint density at radius 2 is 1.83 bits per heavy atom. The summed E-state index contributed by atoms with van der Waals surface area (Å²) in [6.45, 7) is 0. The fraction of sp³-hybridized carbons (Fsp3) is 0.385. The molecule has 0 heterocycles. The molecule has 1 aromatic carbocycles. The summed E-state index contributed by atoms with van der Waals surface area (Å²) in [5, 5.41) is 2.81. The lowest BCUT2D eigenvalue weighted by molar-refractivity contribution is -0.119. The van der Waals surface area contributed by atoms with E-state index >= 15 is 0 Å². The third-order valence-electron chi connectivity index (χ3n) is 3.29. The van der Waals surface area contributed by atoms with Crippen molar-refractivity contribution in [2.24, 2.45) is 11.8 Å². The first-order valence-corrected chi connectivity index (χ1v) is 6.13. The largest absolute Gasteiger partial charge is 0.325 e. The molecule has 2 rings (SSSR count). The molecule has 0 atom stereocenters. The Morgan fingerprint density at radius 3 is 2.50 bits per heavy atom. The number of hydrogen-bond donors (Lipinski definition) is 3. The van der Waals surface area contributed by atoms with Crippen LogP contribution in [0.4, 0.5) is 5.69 Å². The van der Waals surface area contributed by atoms with Gasteiger partial charge in [0.2, 0.25) is 5.91 Å². The number of hydrazine groups is 1. The molecule has 0 unspecified atom stereocenters. The van der Waals surface area contributed by atoms with Crippen LogP contribution in [0.15, 0.2) is 24.3 Å². The molecule has 1 saturated carbocycles. The van der Waals surface area contributed by atoms with Crippen LogP contribution in [-0.2, 0) is 4.79 Å². The maximum atomic E-state index is 12.0. The lowest BCUT2D eigenvalue weighted by Crippen LogP contribution is -2.31. The molecule has 2 amide bonds. The number of carbonyl (C=O) groups is 2. The Balaban J connectivity index is 2.13. The molecule has 18 heavy (non-hydrogen) atoms. The Kier molecular flexibility index (Phi) is 3.94. The van der Waals surface area contributed by atoms with Gasteiger partial charge in [0.05, 0.1) is 11.3 Å². The summed E-state index contributed by atoms with van der Waals surface area (Å²) in [6.07, 6.45) is 4.06. The highest BCUT2D eigenvalue weighted by Crippen LogP contribution is 2.26. The number of para-hydroxylation sites is 1. The third kappa shape index (κ3) is 2.68. The SMILES string of the molecule is NNC(=O)c1ccccc1NC(=O)C1CCCC1. The van der Waals surface area contributed by atoms with Gasteiger partial charge in [0.25, 0.3) is 5.91 Å². The topological polar surface area (TPSA) is 84.2 Å². The van der Waals surface area contributed by atoms with E-state index in [-0.39, 0.29) is 11.8 Å². The van der Waals surface area contributed by atoms with Crippen molar-refractivity contribution in [1.29, 1.82) is 0 Å². The summed E-state index contributed by atoms with van der Waals surface area (Å²) in [4.78, 5) is 23.6. The summed E-state index contributed by atoms with van der Waals surface area (Å²) >= 11 is 0. The maximum Gasteiger partial charge on any atom is 0.267 e. The molecule has 4 N–H and O–H groups in total. The van der Waals surface area contributed by atoms with Crippen LogP contribution in [0.1, 0.15) is 36.0 Å². The van der Waals surface area contributed by atoms with Crippen molar-refractivity contribution in [3.8, 4) is 0 Å². The average molecular weight is 247 g/mol. The van der Waals surface area contributed by atoms with Crippen LogP contribution in [0.3, 0.4) is 0 Å². The summed E-state index contributed by atoms with van der Waals surface area (Å²) in [5.74, 6) is 4.77. The molecule has 0 aliphatic heterocycles. The third-order valence-corrected chi connectivity index (χ3v) is 3.29. The van der Waals surface area contributed by atoms with Gasteiger partial charge in [-0.3, -0.25) is 15.0 Å². The first-order chi connectivity index (χ1) is 8.72. The van der Waals surface area contributed by atoms with Crippen LogP contribution in [-0.4, -0.2) is 11.8 Å². The van der Waals surface area contributed by atoms with Gasteiger partial charge in [-0.05, 0) is 25.0 Å². The zero-order chi connectivity index (χ0) is 13.0. The van der Waals surface area contributed by atoms with Gasteiger partial charge in [0, 0.05) is 5.92 Å². The number of rotatable bonds is 3. The smallest absolute Gasteiger partial charge is 0.267 e. The Bertz CT molecular complexity index is 453. The molecule has 0 spiro atoms. The van der Waals surface area contributed by atoms with Gasteiger partial charge in [-0.2, -0.15) is 0 Å². The Morgan fingerprint density at radius 1 is 1.17 bits per heavy atom. The van der Waals surface area contributed by atoms with E-state index < -0.39 is 5.91 Å². The lowest BCUT2D eigenvalue weighted by atomic mass is 10.1. The fourth-order valence-electron chi connectivity index (χ4n) is 2.29. The molecule has 1 fully saturated rings. The van der Waals surface area contributed by atoms with Gasteiger partial charge in [0.1, 0.15) is 0 Å². The van der Waals surface area contributed by atoms with Crippen molar-refractivity contribution < 1.29 is 9.59 Å². The highest BCUT2D eigenvalue weighted by Gasteiger charge is 2.23. The second-order valence-corrected chi connectivity index (χ2v) is 4.49. The number of hydrogen-bond acceptors (Lipinski definition) is 3. The highest BCUT2D eigenvalue weighted by molar-refractivity contribution is 6.03. The Hall–Kier alpha value is -1.88. The van der Waals surface area contributed by atoms with Gasteiger partial charge >= 0.3 is 0 Å². The minimum Gasteiger partial charge on any atom is -0.325 e. The number of nitrogen functional groups attached to an aromatic ring is 1. The molecule has 1 aromatic rings. The normalized spacial score (nSPS) is 15.4. The number of nitrogens with one attached hydrogen (secondary N) is 2. The van der Waals surface area contributed by atoms with Crippen LogP contribution >= 0.6 is 0 Å². The molecule has 0 bridgehead atoms. The van der Waals surface area contributed by atoms with E-state index in [1.165, 1.54) is 0 Å². The number of anilines is 1. The summed E-state index contributed by atoms with van der Waals surface area (Å²) in [7, 11) is 0. The van der Waals surface area contributed by atoms with Crippen LogP contribution in [0.25, 0.3) is 0 Å². The number of amides is 2. The van der Waals surface area contributed by atoms with Crippen molar-refractivity contribution in [1.82, 2.24) is 5.43 Å². The molecule has 0 aromatic heterocycles. The van der Waals surface area contributed by atoms with Crippen molar-refractivity contribution in [3.05, 3.63) is 29.8 Å². The van der Waals surface area contributed by atoms with Gasteiger partial charge < -0.3 is 5.32 Å². The summed E-state index contributed by atoms with van der Waals surface area (Å²) in [6, 6.07) is 6.84. The average Bonchev–Trinajstić information content (AvgIpc) is 2.92. The van der Waals surface area contributed by atoms with Gasteiger partial charge in [0.15, 0.2) is 0 Å². The Labute approximate surface area is 106 Å². The van der Waals surface area contributed by atoms with Crippen LogP contribution in [0, 0.1) is 5.92 Å². The molecule has 1 aliphatic rings. The second kappa shape index (κ2) is 5.64. The second-order valence-electron chi connectivity index (χ2n) is 4.49. The minimum atomic E-state index is -0.405. The van der Waals surface area contributed by atoms with Crippen molar-refractivity contribution in [2.45, 2.75) is 25.7 Å². The van der Waals surface area contributed by atoms with Crippen LogP contribution < -0.4 is 16.6 Å². The predicted molar refractivity (Wildman–Crippen MR) is 68.7 cm³/mol. The zero-order valence-electron chi connectivity index (χ0n) is 10.1. The van der Waals surface area contributed by atoms with E-state index in [0.717, 1.165) is 25.7 Å². The van der Waals surface area contributed by atoms with Crippen molar-refractivity contribution in [3.63, 3.8) is 0 Å². The highest BCUT2D eigenvalue weighted by atomic mass is 16.2. The number of nitrogens with two attached hydrogens (primary N) is 1. The molecule has 0 radical (unpaired) electrons. The van der Waals surface area contributed by atoms with E-state index in [1.807, 2.05) is 0 Å². The zero-order valence-corrected chi connectivity index (χ0v) is 10.1. The standard InChI is InChI=1S/C13H17N3O2/c14-16-13(18)10-7-3-4-8-11(10)15-12(17)9-5-1-2-6-9/h3-4,7-9H,1-2,5-6,14H2,(H,15,17)(H,16,18). The van der Waals surface area contributed by atoms with E-state index in [2.05, 4.69) is 10.7 Å². The molecular weight excluding hydrogens is 230 g/mol. The van der Waals surface area contributed by atoms with Gasteiger partial charge in [-0.25, -0.2) is 5.84 Å². The first-order valence-electron chi connectivity index (χ1n) is 6.13. The fourth-order valence-corrected chi connectivity index (χ4v) is 2.29. The number of carbonyl (C=O) groups excluding carboxylic acids is 2. The van der Waals surface area contributed by atoms with Crippen molar-refractivity contribution in [2.75, 3.05) is 5.32 Å². The molecule has 1 aliphatic carbocycles. The van der Waals surface area contributed by atoms with Crippen molar-refractivity contribution >= 4 is 17.5 Å². The minimum absolute atomic E-state index is 0.00947. The lowest BCUT2D eigenvalue weighted by Gasteiger charge is -2.13. The quantitative estimate of drug-likeness (QED) is 0.429. The predicted octanol–water partition coefficient (Wildman–Crippen LogP) is 1.42. The first kappa shape index (κ1) is 12.6. The molecule has 5 heteroatoms. The van der Waals surface area contributed by atoms with E-state index in [1.54, 1.807) is 24.3 Å². The monoisotopic (exact) mass is 247 g/mol. The van der Waals surface area contributed by atoms with Gasteiger partial charge in [-0.1, -0.05) is 25.0 Å².